The topological polar surface area (TPSA) is 62.7 Å². The van der Waals surface area contributed by atoms with Crippen LogP contribution in [0.25, 0.3) is 6.08 Å². The molecule has 0 aliphatic carbocycles. The Kier molecular flexibility index (Phi) is 6.37. The van der Waals surface area contributed by atoms with Crippen molar-refractivity contribution in [2.24, 2.45) is 0 Å². The number of ether oxygens (including phenoxy) is 1. The number of hydrogen-bond acceptors (Lipinski definition) is 5. The van der Waals surface area contributed by atoms with Crippen molar-refractivity contribution in [1.29, 1.82) is 0 Å². The molecule has 7 heteroatoms. The second-order valence-electron chi connectivity index (χ2n) is 7.58. The minimum Gasteiger partial charge on any atom is -0.495 e. The normalized spacial score (nSPS) is 13.2. The quantitative estimate of drug-likeness (QED) is 0.508. The Morgan fingerprint density at radius 2 is 1.97 bits per heavy atom. The van der Waals surface area contributed by atoms with E-state index in [-0.39, 0.29) is 11.8 Å². The summed E-state index contributed by atoms with van der Waals surface area (Å²) in [6, 6.07) is 13.3. The minimum absolute atomic E-state index is 0.115. The van der Waals surface area contributed by atoms with E-state index in [2.05, 4.69) is 11.9 Å². The SMILES string of the molecule is COc1ccc(C)c2c1N(C(=O)/C=C/c1csc(N(C(C)=O)c3ccccc3)n1)CCC2. The second kappa shape index (κ2) is 9.36. The van der Waals surface area contributed by atoms with Crippen LogP contribution in [0.5, 0.6) is 5.75 Å². The van der Waals surface area contributed by atoms with Gasteiger partial charge in [-0.2, -0.15) is 0 Å². The molecule has 0 radical (unpaired) electrons. The Bertz CT molecular complexity index is 1170. The third-order valence-electron chi connectivity index (χ3n) is 5.47. The van der Waals surface area contributed by atoms with Gasteiger partial charge in [-0.3, -0.25) is 14.5 Å². The van der Waals surface area contributed by atoms with Gasteiger partial charge in [0.2, 0.25) is 5.91 Å². The van der Waals surface area contributed by atoms with Gasteiger partial charge in [0.25, 0.3) is 5.91 Å². The summed E-state index contributed by atoms with van der Waals surface area (Å²) in [7, 11) is 1.63. The average molecular weight is 448 g/mol. The molecule has 1 aromatic heterocycles. The number of amides is 2. The Morgan fingerprint density at radius 1 is 1.19 bits per heavy atom. The number of rotatable bonds is 5. The van der Waals surface area contributed by atoms with Crippen LogP contribution in [0.3, 0.4) is 0 Å². The summed E-state index contributed by atoms with van der Waals surface area (Å²) in [6.45, 7) is 4.22. The third kappa shape index (κ3) is 4.29. The number of carbonyl (C=O) groups is 2. The van der Waals surface area contributed by atoms with E-state index in [1.54, 1.807) is 23.0 Å². The van der Waals surface area contributed by atoms with Gasteiger partial charge in [0, 0.05) is 24.9 Å². The van der Waals surface area contributed by atoms with E-state index in [0.717, 1.165) is 35.3 Å². The smallest absolute Gasteiger partial charge is 0.251 e. The van der Waals surface area contributed by atoms with Crippen molar-refractivity contribution in [2.45, 2.75) is 26.7 Å². The van der Waals surface area contributed by atoms with Gasteiger partial charge >= 0.3 is 0 Å². The Hall–Kier alpha value is -3.45. The highest BCUT2D eigenvalue weighted by atomic mass is 32.1. The van der Waals surface area contributed by atoms with Crippen LogP contribution >= 0.6 is 11.3 Å². The molecule has 1 aliphatic heterocycles. The number of methoxy groups -OCH3 is 1. The maximum atomic E-state index is 13.1. The van der Waals surface area contributed by atoms with Crippen molar-refractivity contribution in [3.05, 3.63) is 70.7 Å². The van der Waals surface area contributed by atoms with E-state index in [4.69, 9.17) is 4.74 Å². The monoisotopic (exact) mass is 447 g/mol. The number of carbonyl (C=O) groups excluding carboxylic acids is 2. The summed E-state index contributed by atoms with van der Waals surface area (Å²) < 4.78 is 5.54. The third-order valence-corrected chi connectivity index (χ3v) is 6.32. The Morgan fingerprint density at radius 3 is 2.69 bits per heavy atom. The van der Waals surface area contributed by atoms with Crippen molar-refractivity contribution in [1.82, 2.24) is 4.98 Å². The molecular weight excluding hydrogens is 422 g/mol. The lowest BCUT2D eigenvalue weighted by Crippen LogP contribution is -2.34. The summed E-state index contributed by atoms with van der Waals surface area (Å²) in [5.41, 5.74) is 4.58. The summed E-state index contributed by atoms with van der Waals surface area (Å²) in [4.78, 5) is 33.2. The van der Waals surface area contributed by atoms with Crippen LogP contribution < -0.4 is 14.5 Å². The van der Waals surface area contributed by atoms with Crippen LogP contribution in [0.2, 0.25) is 0 Å². The molecule has 0 unspecified atom stereocenters. The molecule has 0 bridgehead atoms. The van der Waals surface area contributed by atoms with Crippen LogP contribution in [0.15, 0.2) is 53.9 Å². The largest absolute Gasteiger partial charge is 0.495 e. The highest BCUT2D eigenvalue weighted by Gasteiger charge is 2.26. The van der Waals surface area contributed by atoms with Crippen LogP contribution in [-0.2, 0) is 16.0 Å². The van der Waals surface area contributed by atoms with Crippen molar-refractivity contribution >= 4 is 45.7 Å². The molecule has 0 saturated heterocycles. The molecule has 0 fully saturated rings. The van der Waals surface area contributed by atoms with Crippen molar-refractivity contribution in [2.75, 3.05) is 23.5 Å². The van der Waals surface area contributed by atoms with Gasteiger partial charge < -0.3 is 9.64 Å². The number of hydrogen-bond donors (Lipinski definition) is 0. The molecule has 4 rings (SSSR count). The number of anilines is 3. The van der Waals surface area contributed by atoms with Gasteiger partial charge in [0.1, 0.15) is 5.75 Å². The molecule has 0 spiro atoms. The summed E-state index contributed by atoms with van der Waals surface area (Å²) in [6.07, 6.45) is 5.08. The number of thiazole rings is 1. The molecule has 32 heavy (non-hydrogen) atoms. The standard InChI is InChI=1S/C25H25N3O3S/c1-17-11-13-22(31-3)24-21(17)10-7-15-27(24)23(30)14-12-19-16-32-25(26-19)28(18(2)29)20-8-5-4-6-9-20/h4-6,8-9,11-14,16H,7,10,15H2,1-3H3/b14-12+. The van der Waals surface area contributed by atoms with E-state index >= 15 is 0 Å². The molecular formula is C25H25N3O3S. The molecule has 1 aliphatic rings. The lowest BCUT2D eigenvalue weighted by Gasteiger charge is -2.31. The molecule has 0 atom stereocenters. The van der Waals surface area contributed by atoms with E-state index in [0.29, 0.717) is 23.1 Å². The first-order valence-electron chi connectivity index (χ1n) is 10.5. The molecule has 2 heterocycles. The lowest BCUT2D eigenvalue weighted by atomic mass is 9.96. The average Bonchev–Trinajstić information content (AvgIpc) is 3.26. The molecule has 3 aromatic rings. The zero-order chi connectivity index (χ0) is 22.7. The first-order chi connectivity index (χ1) is 15.5. The van der Waals surface area contributed by atoms with Gasteiger partial charge in [-0.05, 0) is 55.2 Å². The molecule has 2 aromatic carbocycles. The predicted octanol–water partition coefficient (Wildman–Crippen LogP) is 5.14. The fourth-order valence-electron chi connectivity index (χ4n) is 3.94. The molecule has 164 valence electrons. The second-order valence-corrected chi connectivity index (χ2v) is 8.42. The van der Waals surface area contributed by atoms with Crippen molar-refractivity contribution in [3.63, 3.8) is 0 Å². The number of aromatic nitrogens is 1. The van der Waals surface area contributed by atoms with Gasteiger partial charge in [0.15, 0.2) is 5.13 Å². The predicted molar refractivity (Wildman–Crippen MR) is 129 cm³/mol. The molecule has 0 saturated carbocycles. The minimum atomic E-state index is -0.121. The number of nitrogens with zero attached hydrogens (tertiary/aromatic N) is 3. The lowest BCUT2D eigenvalue weighted by molar-refractivity contribution is -0.116. The van der Waals surface area contributed by atoms with Crippen LogP contribution in [0, 0.1) is 6.92 Å². The highest BCUT2D eigenvalue weighted by molar-refractivity contribution is 7.14. The van der Waals surface area contributed by atoms with Crippen LogP contribution in [0.1, 0.15) is 30.2 Å². The van der Waals surface area contributed by atoms with E-state index in [1.807, 2.05) is 47.8 Å². The Labute approximate surface area is 191 Å². The van der Waals surface area contributed by atoms with Gasteiger partial charge in [-0.1, -0.05) is 24.3 Å². The number of para-hydroxylation sites is 1. The number of benzene rings is 2. The van der Waals surface area contributed by atoms with Crippen LogP contribution in [0.4, 0.5) is 16.5 Å². The van der Waals surface area contributed by atoms with Gasteiger partial charge in [0.05, 0.1) is 24.2 Å². The first-order valence-corrected chi connectivity index (χ1v) is 11.3. The first kappa shape index (κ1) is 21.8. The zero-order valence-electron chi connectivity index (χ0n) is 18.4. The van der Waals surface area contributed by atoms with Gasteiger partial charge in [-0.25, -0.2) is 4.98 Å². The maximum absolute atomic E-state index is 13.1. The number of aryl methyl sites for hydroxylation is 1. The summed E-state index contributed by atoms with van der Waals surface area (Å²) in [5, 5.41) is 2.41. The maximum Gasteiger partial charge on any atom is 0.251 e. The van der Waals surface area contributed by atoms with Gasteiger partial charge in [-0.15, -0.1) is 11.3 Å². The van der Waals surface area contributed by atoms with Crippen molar-refractivity contribution in [3.8, 4) is 5.75 Å². The summed E-state index contributed by atoms with van der Waals surface area (Å²) >= 11 is 1.36. The van der Waals surface area contributed by atoms with Crippen LogP contribution in [-0.4, -0.2) is 30.5 Å². The van der Waals surface area contributed by atoms with E-state index in [1.165, 1.54) is 24.3 Å². The fraction of sp³-hybridized carbons (Fsp3) is 0.240. The fourth-order valence-corrected chi connectivity index (χ4v) is 4.80. The number of fused-ring (bicyclic) bond motifs is 1. The highest BCUT2D eigenvalue weighted by Crippen LogP contribution is 2.38. The van der Waals surface area contributed by atoms with E-state index in [9.17, 15) is 9.59 Å². The summed E-state index contributed by atoms with van der Waals surface area (Å²) in [5.74, 6) is 0.475. The molecule has 2 amide bonds. The molecule has 6 nitrogen and oxygen atoms in total. The zero-order valence-corrected chi connectivity index (χ0v) is 19.2. The Balaban J connectivity index is 1.57. The molecule has 0 N–H and O–H groups in total. The van der Waals surface area contributed by atoms with E-state index < -0.39 is 0 Å². The van der Waals surface area contributed by atoms with Crippen molar-refractivity contribution < 1.29 is 14.3 Å².